The highest BCUT2D eigenvalue weighted by Gasteiger charge is 2.20. The summed E-state index contributed by atoms with van der Waals surface area (Å²) in [6.07, 6.45) is 0. The summed E-state index contributed by atoms with van der Waals surface area (Å²) in [5.41, 5.74) is -0.207. The smallest absolute Gasteiger partial charge is 0.311 e. The third kappa shape index (κ3) is 4.63. The lowest BCUT2D eigenvalue weighted by Crippen LogP contribution is -2.37. The van der Waals surface area contributed by atoms with Crippen molar-refractivity contribution in [3.8, 4) is 0 Å². The van der Waals surface area contributed by atoms with Crippen molar-refractivity contribution in [2.24, 2.45) is 0 Å². The molecule has 9 heteroatoms. The van der Waals surface area contributed by atoms with E-state index in [9.17, 15) is 14.9 Å². The first kappa shape index (κ1) is 16.1. The number of nitrogens with zero attached hydrogens (tertiary/aromatic N) is 3. The van der Waals surface area contributed by atoms with Gasteiger partial charge in [0.15, 0.2) is 0 Å². The van der Waals surface area contributed by atoms with Gasteiger partial charge in [-0.25, -0.2) is 4.98 Å². The van der Waals surface area contributed by atoms with E-state index >= 15 is 0 Å². The predicted octanol–water partition coefficient (Wildman–Crippen LogP) is 0.842. The predicted molar refractivity (Wildman–Crippen MR) is 74.1 cm³/mol. The molecule has 1 rings (SSSR count). The number of carbonyl (C=O) groups is 1. The van der Waals surface area contributed by atoms with Crippen LogP contribution in [0, 0.1) is 10.1 Å². The van der Waals surface area contributed by atoms with Gasteiger partial charge in [-0.15, -0.1) is 0 Å². The van der Waals surface area contributed by atoms with Crippen LogP contribution in [0.2, 0.25) is 5.15 Å². The maximum atomic E-state index is 11.6. The van der Waals surface area contributed by atoms with Gasteiger partial charge in [0.1, 0.15) is 5.15 Å². The summed E-state index contributed by atoms with van der Waals surface area (Å²) in [6, 6.07) is 2.58. The van der Waals surface area contributed by atoms with Gasteiger partial charge < -0.3 is 15.0 Å². The van der Waals surface area contributed by atoms with E-state index in [2.05, 4.69) is 10.3 Å². The van der Waals surface area contributed by atoms with Gasteiger partial charge in [0.2, 0.25) is 11.7 Å². The Morgan fingerprint density at radius 2 is 2.30 bits per heavy atom. The zero-order chi connectivity index (χ0) is 15.1. The number of pyridine rings is 1. The van der Waals surface area contributed by atoms with E-state index in [1.807, 2.05) is 0 Å². The van der Waals surface area contributed by atoms with Crippen LogP contribution in [0.3, 0.4) is 0 Å². The Labute approximate surface area is 120 Å². The van der Waals surface area contributed by atoms with Crippen LogP contribution in [0.1, 0.15) is 0 Å². The number of nitro groups is 1. The number of ether oxygens (including phenoxy) is 1. The Balaban J connectivity index is 2.76. The fourth-order valence-corrected chi connectivity index (χ4v) is 1.62. The molecule has 0 unspecified atom stereocenters. The fourth-order valence-electron chi connectivity index (χ4n) is 1.48. The Morgan fingerprint density at radius 1 is 1.60 bits per heavy atom. The molecule has 0 spiro atoms. The highest BCUT2D eigenvalue weighted by molar-refractivity contribution is 6.29. The SMILES string of the molecule is COCCNC(=O)CN(C)c1nc(Cl)ccc1[N+](=O)[O-]. The Morgan fingerprint density at radius 3 is 2.90 bits per heavy atom. The van der Waals surface area contributed by atoms with Crippen LogP contribution in [-0.4, -0.2) is 49.7 Å². The van der Waals surface area contributed by atoms with Gasteiger partial charge in [0.25, 0.3) is 0 Å². The zero-order valence-corrected chi connectivity index (χ0v) is 11.9. The number of methoxy groups -OCH3 is 1. The molecule has 8 nitrogen and oxygen atoms in total. The van der Waals surface area contributed by atoms with Crippen molar-refractivity contribution >= 4 is 29.0 Å². The second-order valence-corrected chi connectivity index (χ2v) is 4.32. The Bertz CT molecular complexity index is 497. The molecule has 1 amide bonds. The molecule has 0 saturated heterocycles. The molecule has 110 valence electrons. The lowest BCUT2D eigenvalue weighted by molar-refractivity contribution is -0.384. The lowest BCUT2D eigenvalue weighted by atomic mass is 10.3. The molecule has 0 saturated carbocycles. The average molecular weight is 303 g/mol. The van der Waals surface area contributed by atoms with Crippen molar-refractivity contribution < 1.29 is 14.5 Å². The summed E-state index contributed by atoms with van der Waals surface area (Å²) < 4.78 is 4.80. The number of rotatable bonds is 7. The summed E-state index contributed by atoms with van der Waals surface area (Å²) in [4.78, 5) is 27.2. The maximum absolute atomic E-state index is 11.6. The zero-order valence-electron chi connectivity index (χ0n) is 11.1. The van der Waals surface area contributed by atoms with Crippen molar-refractivity contribution in [3.63, 3.8) is 0 Å². The Hall–Kier alpha value is -1.93. The molecular formula is C11H15ClN4O4. The molecule has 0 atom stereocenters. The van der Waals surface area contributed by atoms with E-state index in [1.54, 1.807) is 0 Å². The van der Waals surface area contributed by atoms with Gasteiger partial charge in [0, 0.05) is 26.8 Å². The number of hydrogen-bond acceptors (Lipinski definition) is 6. The van der Waals surface area contributed by atoms with E-state index in [0.717, 1.165) is 0 Å². The number of carbonyl (C=O) groups excluding carboxylic acids is 1. The van der Waals surface area contributed by atoms with Gasteiger partial charge >= 0.3 is 5.69 Å². The largest absolute Gasteiger partial charge is 0.383 e. The first-order valence-corrected chi connectivity index (χ1v) is 6.11. The highest BCUT2D eigenvalue weighted by atomic mass is 35.5. The van der Waals surface area contributed by atoms with Gasteiger partial charge in [-0.3, -0.25) is 14.9 Å². The standard InChI is InChI=1S/C11H15ClN4O4/c1-15(7-10(17)13-5-6-20-2)11-8(16(18)19)3-4-9(12)14-11/h3-4H,5-7H2,1-2H3,(H,13,17). The molecule has 0 aliphatic heterocycles. The van der Waals surface area contributed by atoms with Crippen LogP contribution >= 0.6 is 11.6 Å². The highest BCUT2D eigenvalue weighted by Crippen LogP contribution is 2.26. The van der Waals surface area contributed by atoms with Gasteiger partial charge in [0.05, 0.1) is 18.1 Å². The first-order valence-electron chi connectivity index (χ1n) is 5.73. The minimum atomic E-state index is -0.571. The van der Waals surface area contributed by atoms with E-state index in [0.29, 0.717) is 13.2 Å². The first-order chi connectivity index (χ1) is 9.45. The maximum Gasteiger partial charge on any atom is 0.311 e. The van der Waals surface area contributed by atoms with Crippen LogP contribution in [-0.2, 0) is 9.53 Å². The van der Waals surface area contributed by atoms with Crippen LogP contribution in [0.15, 0.2) is 12.1 Å². The molecule has 20 heavy (non-hydrogen) atoms. The average Bonchev–Trinajstić information content (AvgIpc) is 2.38. The number of hydrogen-bond donors (Lipinski definition) is 1. The minimum Gasteiger partial charge on any atom is -0.383 e. The molecule has 0 aliphatic carbocycles. The van der Waals surface area contributed by atoms with E-state index in [1.165, 1.54) is 31.2 Å². The molecule has 1 heterocycles. The summed E-state index contributed by atoms with van der Waals surface area (Å²) in [7, 11) is 3.05. The van der Waals surface area contributed by atoms with Gasteiger partial charge in [-0.1, -0.05) is 11.6 Å². The molecule has 0 radical (unpaired) electrons. The molecule has 1 aromatic heterocycles. The molecule has 0 aliphatic rings. The second-order valence-electron chi connectivity index (χ2n) is 3.93. The number of anilines is 1. The van der Waals surface area contributed by atoms with Crippen molar-refractivity contribution in [1.29, 1.82) is 0 Å². The summed E-state index contributed by atoms with van der Waals surface area (Å²) in [5.74, 6) is -0.245. The second kappa shape index (κ2) is 7.61. The summed E-state index contributed by atoms with van der Waals surface area (Å²) >= 11 is 5.73. The van der Waals surface area contributed by atoms with E-state index < -0.39 is 4.92 Å². The van der Waals surface area contributed by atoms with Crippen molar-refractivity contribution in [1.82, 2.24) is 10.3 Å². The number of nitrogens with one attached hydrogen (secondary N) is 1. The third-order valence-corrected chi connectivity index (χ3v) is 2.60. The molecule has 1 N–H and O–H groups in total. The molecule has 0 fully saturated rings. The number of amides is 1. The molecule has 0 bridgehead atoms. The van der Waals surface area contributed by atoms with E-state index in [-0.39, 0.29) is 29.1 Å². The Kier molecular flexibility index (Phi) is 6.13. The van der Waals surface area contributed by atoms with Gasteiger partial charge in [-0.2, -0.15) is 0 Å². The number of halogens is 1. The van der Waals surface area contributed by atoms with Crippen molar-refractivity contribution in [2.75, 3.05) is 38.8 Å². The van der Waals surface area contributed by atoms with Crippen molar-refractivity contribution in [2.45, 2.75) is 0 Å². The van der Waals surface area contributed by atoms with Crippen LogP contribution in [0.5, 0.6) is 0 Å². The lowest BCUT2D eigenvalue weighted by Gasteiger charge is -2.17. The van der Waals surface area contributed by atoms with E-state index in [4.69, 9.17) is 16.3 Å². The number of aromatic nitrogens is 1. The summed E-state index contributed by atoms with van der Waals surface area (Å²) in [5, 5.41) is 13.6. The fraction of sp³-hybridized carbons (Fsp3) is 0.455. The normalized spacial score (nSPS) is 10.2. The van der Waals surface area contributed by atoms with Crippen molar-refractivity contribution in [3.05, 3.63) is 27.4 Å². The summed E-state index contributed by atoms with van der Waals surface area (Å²) in [6.45, 7) is 0.692. The quantitative estimate of drug-likeness (QED) is 0.347. The van der Waals surface area contributed by atoms with Crippen LogP contribution < -0.4 is 10.2 Å². The minimum absolute atomic E-state index is 0.0457. The molecular weight excluding hydrogens is 288 g/mol. The monoisotopic (exact) mass is 302 g/mol. The number of likely N-dealkylation sites (N-methyl/N-ethyl adjacent to an activating group) is 1. The topological polar surface area (TPSA) is 97.6 Å². The van der Waals surface area contributed by atoms with Gasteiger partial charge in [-0.05, 0) is 6.07 Å². The third-order valence-electron chi connectivity index (χ3n) is 2.39. The van der Waals surface area contributed by atoms with Crippen LogP contribution in [0.4, 0.5) is 11.5 Å². The van der Waals surface area contributed by atoms with Crippen LogP contribution in [0.25, 0.3) is 0 Å². The molecule has 1 aromatic rings. The molecule has 0 aromatic carbocycles.